The molecular weight excluding hydrogens is 309 g/mol. The van der Waals surface area contributed by atoms with Gasteiger partial charge in [0.05, 0.1) is 6.54 Å². The van der Waals surface area contributed by atoms with Crippen LogP contribution in [0.3, 0.4) is 0 Å². The third-order valence-corrected chi connectivity index (χ3v) is 3.59. The van der Waals surface area contributed by atoms with Crippen molar-refractivity contribution in [2.75, 3.05) is 4.90 Å². The lowest BCUT2D eigenvalue weighted by Crippen LogP contribution is -2.31. The summed E-state index contributed by atoms with van der Waals surface area (Å²) in [6.07, 6.45) is -4.72. The Balaban J connectivity index is 1.79. The van der Waals surface area contributed by atoms with E-state index in [4.69, 9.17) is 5.73 Å². The molecule has 0 saturated carbocycles. The van der Waals surface area contributed by atoms with Gasteiger partial charge in [-0.2, -0.15) is 0 Å². The van der Waals surface area contributed by atoms with Crippen molar-refractivity contribution in [1.29, 1.82) is 0 Å². The third kappa shape index (κ3) is 3.14. The van der Waals surface area contributed by atoms with E-state index in [0.717, 1.165) is 11.3 Å². The van der Waals surface area contributed by atoms with Gasteiger partial charge in [0.15, 0.2) is 0 Å². The van der Waals surface area contributed by atoms with Gasteiger partial charge in [0.1, 0.15) is 11.8 Å². The molecule has 2 aromatic rings. The number of amides is 1. The molecule has 3 rings (SSSR count). The van der Waals surface area contributed by atoms with Gasteiger partial charge in [-0.15, -0.1) is 13.2 Å². The van der Waals surface area contributed by atoms with Crippen LogP contribution in [0.4, 0.5) is 18.9 Å². The van der Waals surface area contributed by atoms with Crippen LogP contribution in [0.25, 0.3) is 0 Å². The van der Waals surface area contributed by atoms with Crippen molar-refractivity contribution in [1.82, 2.24) is 0 Å². The Kier molecular flexibility index (Phi) is 3.73. The van der Waals surface area contributed by atoms with Crippen LogP contribution in [-0.2, 0) is 11.3 Å². The van der Waals surface area contributed by atoms with E-state index in [1.54, 1.807) is 24.3 Å². The molecule has 0 aliphatic carbocycles. The number of hydrogen-bond acceptors (Lipinski definition) is 3. The van der Waals surface area contributed by atoms with Crippen LogP contribution < -0.4 is 15.4 Å². The maximum absolute atomic E-state index is 12.2. The second-order valence-electron chi connectivity index (χ2n) is 5.15. The molecular formula is C16H13F3N2O2. The number of anilines is 1. The average molecular weight is 322 g/mol. The summed E-state index contributed by atoms with van der Waals surface area (Å²) in [5.74, 6) is -0.534. The molecule has 0 saturated heterocycles. The zero-order valence-electron chi connectivity index (χ0n) is 11.9. The van der Waals surface area contributed by atoms with E-state index in [-0.39, 0.29) is 18.2 Å². The smallest absolute Gasteiger partial charge is 0.406 e. The normalized spacial score (nSPS) is 17.3. The predicted molar refractivity (Wildman–Crippen MR) is 77.7 cm³/mol. The van der Waals surface area contributed by atoms with Crippen LogP contribution in [0.5, 0.6) is 5.75 Å². The summed E-state index contributed by atoms with van der Waals surface area (Å²) >= 11 is 0. The zero-order chi connectivity index (χ0) is 16.6. The highest BCUT2D eigenvalue weighted by Crippen LogP contribution is 2.35. The molecule has 0 radical (unpaired) electrons. The van der Waals surface area contributed by atoms with Gasteiger partial charge in [0.2, 0.25) is 5.91 Å². The minimum absolute atomic E-state index is 0.232. The van der Waals surface area contributed by atoms with Crippen molar-refractivity contribution in [2.45, 2.75) is 18.9 Å². The van der Waals surface area contributed by atoms with E-state index in [1.165, 1.54) is 29.2 Å². The molecule has 0 bridgehead atoms. The topological polar surface area (TPSA) is 55.6 Å². The highest BCUT2D eigenvalue weighted by atomic mass is 19.4. The fourth-order valence-electron chi connectivity index (χ4n) is 2.56. The highest BCUT2D eigenvalue weighted by Gasteiger charge is 2.34. The molecule has 7 heteroatoms. The third-order valence-electron chi connectivity index (χ3n) is 3.59. The van der Waals surface area contributed by atoms with Gasteiger partial charge < -0.3 is 15.4 Å². The number of hydrogen-bond donors (Lipinski definition) is 1. The lowest BCUT2D eigenvalue weighted by atomic mass is 10.1. The Morgan fingerprint density at radius 3 is 2.39 bits per heavy atom. The van der Waals surface area contributed by atoms with Crippen molar-refractivity contribution in [3.05, 3.63) is 59.7 Å². The second kappa shape index (κ2) is 5.58. The fourth-order valence-corrected chi connectivity index (χ4v) is 2.56. The van der Waals surface area contributed by atoms with Crippen LogP contribution in [0.1, 0.15) is 17.2 Å². The second-order valence-corrected chi connectivity index (χ2v) is 5.15. The molecule has 23 heavy (non-hydrogen) atoms. The summed E-state index contributed by atoms with van der Waals surface area (Å²) < 4.78 is 40.2. The quantitative estimate of drug-likeness (QED) is 0.944. The Labute approximate surface area is 130 Å². The van der Waals surface area contributed by atoms with E-state index in [9.17, 15) is 18.0 Å². The lowest BCUT2D eigenvalue weighted by Gasteiger charge is -2.18. The average Bonchev–Trinajstić information content (AvgIpc) is 2.73. The summed E-state index contributed by atoms with van der Waals surface area (Å²) in [6.45, 7) is 0.232. The van der Waals surface area contributed by atoms with E-state index in [2.05, 4.69) is 4.74 Å². The van der Waals surface area contributed by atoms with Crippen molar-refractivity contribution in [3.63, 3.8) is 0 Å². The molecule has 1 atom stereocenters. The van der Waals surface area contributed by atoms with Crippen molar-refractivity contribution in [2.24, 2.45) is 5.73 Å². The van der Waals surface area contributed by atoms with Crippen molar-refractivity contribution < 1.29 is 22.7 Å². The number of ether oxygens (including phenoxy) is 1. The van der Waals surface area contributed by atoms with Gasteiger partial charge in [-0.3, -0.25) is 4.79 Å². The molecule has 0 spiro atoms. The van der Waals surface area contributed by atoms with Crippen LogP contribution >= 0.6 is 0 Å². The number of rotatable bonds is 3. The summed E-state index contributed by atoms with van der Waals surface area (Å²) in [5.41, 5.74) is 8.04. The summed E-state index contributed by atoms with van der Waals surface area (Å²) in [5, 5.41) is 0. The molecule has 0 aromatic heterocycles. The largest absolute Gasteiger partial charge is 0.573 e. The van der Waals surface area contributed by atoms with E-state index < -0.39 is 12.4 Å². The molecule has 1 amide bonds. The Morgan fingerprint density at radius 2 is 1.74 bits per heavy atom. The van der Waals surface area contributed by atoms with Crippen molar-refractivity contribution in [3.8, 4) is 5.75 Å². The number of carbonyl (C=O) groups excluding carboxylic acids is 1. The van der Waals surface area contributed by atoms with E-state index in [1.807, 2.05) is 0 Å². The Morgan fingerprint density at radius 1 is 1.09 bits per heavy atom. The lowest BCUT2D eigenvalue weighted by molar-refractivity contribution is -0.274. The Hall–Kier alpha value is -2.54. The van der Waals surface area contributed by atoms with Gasteiger partial charge in [-0.05, 0) is 23.8 Å². The van der Waals surface area contributed by atoms with Crippen LogP contribution in [0, 0.1) is 0 Å². The maximum atomic E-state index is 12.2. The number of para-hydroxylation sites is 1. The summed E-state index contributed by atoms with van der Waals surface area (Å²) in [7, 11) is 0. The number of benzene rings is 2. The first-order valence-corrected chi connectivity index (χ1v) is 6.86. The minimum Gasteiger partial charge on any atom is -0.406 e. The zero-order valence-corrected chi connectivity index (χ0v) is 11.9. The molecule has 2 aromatic carbocycles. The molecule has 120 valence electrons. The van der Waals surface area contributed by atoms with Crippen LogP contribution in [0.2, 0.25) is 0 Å². The number of nitrogens with two attached hydrogens (primary N) is 1. The molecule has 4 nitrogen and oxygen atoms in total. The van der Waals surface area contributed by atoms with E-state index in [0.29, 0.717) is 5.56 Å². The fraction of sp³-hybridized carbons (Fsp3) is 0.188. The predicted octanol–water partition coefficient (Wildman–Crippen LogP) is 3.13. The molecule has 2 N–H and O–H groups in total. The summed E-state index contributed by atoms with van der Waals surface area (Å²) in [4.78, 5) is 13.8. The summed E-state index contributed by atoms with van der Waals surface area (Å²) in [6, 6.07) is 11.9. The van der Waals surface area contributed by atoms with Gasteiger partial charge in [0, 0.05) is 11.3 Å². The first kappa shape index (κ1) is 15.4. The Bertz CT molecular complexity index is 729. The maximum Gasteiger partial charge on any atom is 0.573 e. The molecule has 0 fully saturated rings. The first-order valence-electron chi connectivity index (χ1n) is 6.86. The molecule has 0 unspecified atom stereocenters. The van der Waals surface area contributed by atoms with Gasteiger partial charge in [0.25, 0.3) is 0 Å². The monoisotopic (exact) mass is 322 g/mol. The standard InChI is InChI=1S/C16H13F3N2O2/c17-16(18,19)23-11-7-5-10(6-8-11)9-21-13-4-2-1-3-12(13)14(20)15(21)22/h1-8,14H,9,20H2/t14-/m0/s1. The SMILES string of the molecule is N[C@@H]1C(=O)N(Cc2ccc(OC(F)(F)F)cc2)c2ccccc21. The van der Waals surface area contributed by atoms with E-state index >= 15 is 0 Å². The first-order chi connectivity index (χ1) is 10.8. The van der Waals surface area contributed by atoms with Gasteiger partial charge >= 0.3 is 6.36 Å². The van der Waals surface area contributed by atoms with Crippen molar-refractivity contribution >= 4 is 11.6 Å². The highest BCUT2D eigenvalue weighted by molar-refractivity contribution is 6.04. The van der Waals surface area contributed by atoms with Crippen LogP contribution in [-0.4, -0.2) is 12.3 Å². The minimum atomic E-state index is -4.72. The van der Waals surface area contributed by atoms with Crippen LogP contribution in [0.15, 0.2) is 48.5 Å². The van der Waals surface area contributed by atoms with Gasteiger partial charge in [-0.25, -0.2) is 0 Å². The number of carbonyl (C=O) groups is 1. The van der Waals surface area contributed by atoms with Gasteiger partial charge in [-0.1, -0.05) is 30.3 Å². The molecule has 1 aliphatic heterocycles. The molecule has 1 heterocycles. The number of halogens is 3. The molecule has 1 aliphatic rings. The number of nitrogens with zero attached hydrogens (tertiary/aromatic N) is 1. The number of alkyl halides is 3. The number of fused-ring (bicyclic) bond motifs is 1.